The van der Waals surface area contributed by atoms with Crippen molar-refractivity contribution in [2.75, 3.05) is 0 Å². The van der Waals surface area contributed by atoms with Crippen LogP contribution in [0, 0.1) is 0 Å². The zero-order valence-corrected chi connectivity index (χ0v) is 16.1. The highest BCUT2D eigenvalue weighted by Crippen LogP contribution is 2.42. The molecule has 0 saturated heterocycles. The zero-order chi connectivity index (χ0) is 20.5. The second-order valence-corrected chi connectivity index (χ2v) is 7.07. The third-order valence-corrected chi connectivity index (χ3v) is 5.23. The molecule has 0 aliphatic carbocycles. The lowest BCUT2D eigenvalue weighted by molar-refractivity contribution is 0.449. The van der Waals surface area contributed by atoms with E-state index >= 15 is 0 Å². The Balaban J connectivity index is 1.87. The van der Waals surface area contributed by atoms with Crippen LogP contribution in [0.5, 0.6) is 5.75 Å². The fourth-order valence-electron chi connectivity index (χ4n) is 3.83. The highest BCUT2D eigenvalue weighted by molar-refractivity contribution is 5.95. The van der Waals surface area contributed by atoms with Gasteiger partial charge in [-0.15, -0.1) is 0 Å². The van der Waals surface area contributed by atoms with E-state index in [1.165, 1.54) is 0 Å². The van der Waals surface area contributed by atoms with Gasteiger partial charge in [0.05, 0.1) is 5.39 Å². The molecule has 1 heterocycles. The van der Waals surface area contributed by atoms with Crippen LogP contribution < -0.4 is 5.43 Å². The molecule has 3 nitrogen and oxygen atoms in total. The molecule has 0 radical (unpaired) electrons. The van der Waals surface area contributed by atoms with Crippen LogP contribution in [0.1, 0.15) is 0 Å². The number of hydrogen-bond donors (Lipinski definition) is 1. The summed E-state index contributed by atoms with van der Waals surface area (Å²) in [5.41, 5.74) is 4.59. The van der Waals surface area contributed by atoms with Crippen molar-refractivity contribution in [3.63, 3.8) is 0 Å². The normalized spacial score (nSPS) is 10.9. The summed E-state index contributed by atoms with van der Waals surface area (Å²) in [5, 5.41) is 11.1. The fraction of sp³-hybridized carbons (Fsp3) is 0. The van der Waals surface area contributed by atoms with Crippen LogP contribution in [0.25, 0.3) is 44.5 Å². The van der Waals surface area contributed by atoms with E-state index in [0.717, 1.165) is 22.3 Å². The third-order valence-electron chi connectivity index (χ3n) is 5.23. The van der Waals surface area contributed by atoms with Crippen molar-refractivity contribution in [3.8, 4) is 39.3 Å². The Bertz CT molecular complexity index is 1400. The minimum atomic E-state index is -0.434. The van der Waals surface area contributed by atoms with Crippen molar-refractivity contribution in [2.45, 2.75) is 0 Å². The molecule has 4 aromatic carbocycles. The molecular formula is C27H18O3. The summed E-state index contributed by atoms with van der Waals surface area (Å²) in [6, 6.07) is 32.8. The maximum absolute atomic E-state index is 12.8. The second kappa shape index (κ2) is 7.37. The van der Waals surface area contributed by atoms with E-state index in [4.69, 9.17) is 4.42 Å². The van der Waals surface area contributed by atoms with Crippen molar-refractivity contribution in [3.05, 3.63) is 113 Å². The number of rotatable bonds is 3. The Morgan fingerprint density at radius 1 is 0.600 bits per heavy atom. The van der Waals surface area contributed by atoms with Gasteiger partial charge in [0.15, 0.2) is 5.76 Å². The Morgan fingerprint density at radius 3 is 1.93 bits per heavy atom. The van der Waals surface area contributed by atoms with Gasteiger partial charge in [-0.1, -0.05) is 91.0 Å². The van der Waals surface area contributed by atoms with Gasteiger partial charge in [0, 0.05) is 11.1 Å². The lowest BCUT2D eigenvalue weighted by atomic mass is 9.89. The lowest BCUT2D eigenvalue weighted by Gasteiger charge is -2.16. The van der Waals surface area contributed by atoms with Gasteiger partial charge in [-0.2, -0.15) is 0 Å². The minimum Gasteiger partial charge on any atom is -0.502 e. The summed E-state index contributed by atoms with van der Waals surface area (Å²) in [6.07, 6.45) is 0. The summed E-state index contributed by atoms with van der Waals surface area (Å²) in [6.45, 7) is 0. The first-order chi connectivity index (χ1) is 14.7. The molecule has 0 aliphatic rings. The Morgan fingerprint density at radius 2 is 1.20 bits per heavy atom. The topological polar surface area (TPSA) is 50.4 Å². The van der Waals surface area contributed by atoms with Gasteiger partial charge in [0.1, 0.15) is 5.58 Å². The van der Waals surface area contributed by atoms with Crippen molar-refractivity contribution in [1.82, 2.24) is 0 Å². The molecule has 1 aromatic heterocycles. The molecule has 0 amide bonds. The largest absolute Gasteiger partial charge is 0.502 e. The van der Waals surface area contributed by atoms with E-state index in [0.29, 0.717) is 16.5 Å². The van der Waals surface area contributed by atoms with Gasteiger partial charge in [0.2, 0.25) is 11.2 Å². The van der Waals surface area contributed by atoms with Crippen LogP contribution in [-0.2, 0) is 0 Å². The van der Waals surface area contributed by atoms with Crippen molar-refractivity contribution < 1.29 is 9.52 Å². The maximum Gasteiger partial charge on any atom is 0.235 e. The highest BCUT2D eigenvalue weighted by Gasteiger charge is 2.21. The van der Waals surface area contributed by atoms with Gasteiger partial charge in [0.25, 0.3) is 0 Å². The number of hydrogen-bond acceptors (Lipinski definition) is 3. The highest BCUT2D eigenvalue weighted by atomic mass is 16.4. The Kier molecular flexibility index (Phi) is 4.41. The van der Waals surface area contributed by atoms with E-state index in [2.05, 4.69) is 0 Å². The van der Waals surface area contributed by atoms with E-state index in [-0.39, 0.29) is 11.5 Å². The van der Waals surface area contributed by atoms with Crippen LogP contribution >= 0.6 is 0 Å². The van der Waals surface area contributed by atoms with E-state index in [1.807, 2.05) is 84.9 Å². The monoisotopic (exact) mass is 390 g/mol. The number of para-hydroxylation sites is 1. The van der Waals surface area contributed by atoms with Crippen LogP contribution in [0.2, 0.25) is 0 Å². The Hall–Kier alpha value is -4.11. The Labute approximate surface area is 173 Å². The van der Waals surface area contributed by atoms with Crippen molar-refractivity contribution in [2.24, 2.45) is 0 Å². The van der Waals surface area contributed by atoms with Gasteiger partial charge in [-0.3, -0.25) is 4.79 Å². The summed E-state index contributed by atoms with van der Waals surface area (Å²) < 4.78 is 6.06. The average Bonchev–Trinajstić information content (AvgIpc) is 2.82. The maximum atomic E-state index is 12.8. The number of fused-ring (bicyclic) bond motifs is 1. The van der Waals surface area contributed by atoms with Crippen LogP contribution in [-0.4, -0.2) is 5.11 Å². The van der Waals surface area contributed by atoms with E-state index < -0.39 is 5.43 Å². The molecule has 0 fully saturated rings. The van der Waals surface area contributed by atoms with Gasteiger partial charge in [-0.05, 0) is 28.8 Å². The van der Waals surface area contributed by atoms with Crippen LogP contribution in [0.3, 0.4) is 0 Å². The minimum absolute atomic E-state index is 0.176. The molecule has 144 valence electrons. The van der Waals surface area contributed by atoms with E-state index in [9.17, 15) is 9.90 Å². The molecule has 0 aliphatic heterocycles. The van der Waals surface area contributed by atoms with Gasteiger partial charge < -0.3 is 9.52 Å². The molecule has 0 atom stereocenters. The SMILES string of the molecule is O=c1c(O)c(-c2cccc(-c3ccccc3)c2-c2ccccc2)oc2ccccc12. The van der Waals surface area contributed by atoms with Crippen LogP contribution in [0.15, 0.2) is 112 Å². The smallest absolute Gasteiger partial charge is 0.235 e. The van der Waals surface area contributed by atoms with Gasteiger partial charge in [-0.25, -0.2) is 0 Å². The fourth-order valence-corrected chi connectivity index (χ4v) is 3.83. The quantitative estimate of drug-likeness (QED) is 0.382. The lowest BCUT2D eigenvalue weighted by Crippen LogP contribution is -2.03. The number of aromatic hydroxyl groups is 1. The average molecular weight is 390 g/mol. The molecule has 0 bridgehead atoms. The van der Waals surface area contributed by atoms with Gasteiger partial charge >= 0.3 is 0 Å². The third kappa shape index (κ3) is 2.97. The standard InChI is InChI=1S/C27H18O3/c28-25-21-14-7-8-17-23(21)30-27(26(25)29)22-16-9-15-20(18-10-3-1-4-11-18)24(22)19-12-5-2-6-13-19/h1-17,29H. The predicted molar refractivity (Wildman–Crippen MR) is 120 cm³/mol. The molecule has 30 heavy (non-hydrogen) atoms. The molecule has 1 N–H and O–H groups in total. The van der Waals surface area contributed by atoms with E-state index in [1.54, 1.807) is 18.2 Å². The summed E-state index contributed by atoms with van der Waals surface area (Å²) in [5.74, 6) is -0.202. The first kappa shape index (κ1) is 18.0. The summed E-state index contributed by atoms with van der Waals surface area (Å²) in [7, 11) is 0. The first-order valence-corrected chi connectivity index (χ1v) is 9.73. The molecular weight excluding hydrogens is 372 g/mol. The predicted octanol–water partition coefficient (Wildman–Crippen LogP) is 6.50. The second-order valence-electron chi connectivity index (χ2n) is 7.07. The molecule has 3 heteroatoms. The molecule has 0 unspecified atom stereocenters. The molecule has 5 rings (SSSR count). The van der Waals surface area contributed by atoms with Crippen molar-refractivity contribution in [1.29, 1.82) is 0 Å². The molecule has 0 saturated carbocycles. The molecule has 0 spiro atoms. The summed E-state index contributed by atoms with van der Waals surface area (Å²) in [4.78, 5) is 12.8. The van der Waals surface area contributed by atoms with Crippen LogP contribution in [0.4, 0.5) is 0 Å². The number of benzene rings is 4. The van der Waals surface area contributed by atoms with Crippen molar-refractivity contribution >= 4 is 11.0 Å². The first-order valence-electron chi connectivity index (χ1n) is 9.73. The molecule has 5 aromatic rings. The zero-order valence-electron chi connectivity index (χ0n) is 16.1. The summed E-state index contributed by atoms with van der Waals surface area (Å²) >= 11 is 0.